The fourth-order valence-corrected chi connectivity index (χ4v) is 3.80. The van der Waals surface area contributed by atoms with Gasteiger partial charge in [-0.2, -0.15) is 0 Å². The van der Waals surface area contributed by atoms with E-state index in [1.165, 1.54) is 0 Å². The molecule has 1 heterocycles. The van der Waals surface area contributed by atoms with Crippen molar-refractivity contribution in [1.29, 1.82) is 0 Å². The third kappa shape index (κ3) is 3.94. The van der Waals surface area contributed by atoms with Crippen molar-refractivity contribution < 1.29 is 8.42 Å². The van der Waals surface area contributed by atoms with Crippen molar-refractivity contribution in [3.63, 3.8) is 0 Å². The van der Waals surface area contributed by atoms with Gasteiger partial charge in [0.05, 0.1) is 5.69 Å². The first-order valence-electron chi connectivity index (χ1n) is 7.09. The van der Waals surface area contributed by atoms with Crippen molar-refractivity contribution in [2.24, 2.45) is 0 Å². The van der Waals surface area contributed by atoms with E-state index in [1.807, 2.05) is 13.1 Å². The number of anilines is 1. The van der Waals surface area contributed by atoms with E-state index in [1.54, 1.807) is 25.2 Å². The van der Waals surface area contributed by atoms with Gasteiger partial charge in [-0.3, -0.25) is 4.90 Å². The lowest BCUT2D eigenvalue weighted by molar-refractivity contribution is 0.117. The van der Waals surface area contributed by atoms with Crippen LogP contribution in [0.25, 0.3) is 0 Å². The molecule has 1 unspecified atom stereocenters. The molecular weight excluding hydrogens is 288 g/mol. The molecule has 1 aromatic rings. The molecule has 1 fully saturated rings. The topological polar surface area (TPSA) is 64.7 Å². The van der Waals surface area contributed by atoms with Crippen LogP contribution < -0.4 is 10.0 Å². The molecule has 7 heteroatoms. The summed E-state index contributed by atoms with van der Waals surface area (Å²) in [5.41, 5.74) is 0.610. The zero-order chi connectivity index (χ0) is 15.5. The number of rotatable bonds is 5. The van der Waals surface area contributed by atoms with Gasteiger partial charge in [0.15, 0.2) is 0 Å². The number of benzene rings is 1. The summed E-state index contributed by atoms with van der Waals surface area (Å²) in [7, 11) is 2.32. The monoisotopic (exact) mass is 312 g/mol. The van der Waals surface area contributed by atoms with E-state index in [2.05, 4.69) is 26.9 Å². The number of likely N-dealkylation sites (N-methyl/N-ethyl adjacent to an activating group) is 2. The number of nitrogens with zero attached hydrogens (tertiary/aromatic N) is 2. The summed E-state index contributed by atoms with van der Waals surface area (Å²) < 4.78 is 27.7. The van der Waals surface area contributed by atoms with E-state index in [-0.39, 0.29) is 6.04 Å². The van der Waals surface area contributed by atoms with Crippen LogP contribution in [0.4, 0.5) is 5.69 Å². The SMILES string of the molecule is CNc1ccccc1S(=O)(=O)NCC1CN(C)CCN1C. The normalized spacial score (nSPS) is 21.4. The van der Waals surface area contributed by atoms with Crippen LogP contribution in [0, 0.1) is 0 Å². The van der Waals surface area contributed by atoms with Crippen LogP contribution in [0.2, 0.25) is 0 Å². The molecule has 0 saturated carbocycles. The molecule has 21 heavy (non-hydrogen) atoms. The highest BCUT2D eigenvalue weighted by atomic mass is 32.2. The number of hydrogen-bond donors (Lipinski definition) is 2. The highest BCUT2D eigenvalue weighted by Gasteiger charge is 2.25. The lowest BCUT2D eigenvalue weighted by Gasteiger charge is -2.37. The summed E-state index contributed by atoms with van der Waals surface area (Å²) in [4.78, 5) is 4.71. The van der Waals surface area contributed by atoms with Crippen molar-refractivity contribution in [3.8, 4) is 0 Å². The molecule has 1 aliphatic heterocycles. The highest BCUT2D eigenvalue weighted by molar-refractivity contribution is 7.89. The molecule has 0 spiro atoms. The summed E-state index contributed by atoms with van der Waals surface area (Å²) in [6, 6.07) is 7.12. The average Bonchev–Trinajstić information content (AvgIpc) is 2.48. The van der Waals surface area contributed by atoms with Crippen molar-refractivity contribution in [1.82, 2.24) is 14.5 Å². The van der Waals surface area contributed by atoms with Gasteiger partial charge in [0.1, 0.15) is 4.90 Å². The van der Waals surface area contributed by atoms with Crippen LogP contribution >= 0.6 is 0 Å². The quantitative estimate of drug-likeness (QED) is 0.816. The van der Waals surface area contributed by atoms with Crippen LogP contribution in [0.1, 0.15) is 0 Å². The second kappa shape index (κ2) is 6.74. The fourth-order valence-electron chi connectivity index (χ4n) is 2.51. The minimum absolute atomic E-state index is 0.195. The first-order valence-corrected chi connectivity index (χ1v) is 8.57. The molecule has 1 aromatic carbocycles. The maximum absolute atomic E-state index is 12.5. The van der Waals surface area contributed by atoms with E-state index in [4.69, 9.17) is 0 Å². The van der Waals surface area contributed by atoms with Crippen molar-refractivity contribution in [2.45, 2.75) is 10.9 Å². The van der Waals surface area contributed by atoms with Gasteiger partial charge in [0, 0.05) is 39.3 Å². The lowest BCUT2D eigenvalue weighted by atomic mass is 10.2. The van der Waals surface area contributed by atoms with Crippen LogP contribution in [-0.4, -0.2) is 71.6 Å². The van der Waals surface area contributed by atoms with Crippen molar-refractivity contribution >= 4 is 15.7 Å². The Morgan fingerprint density at radius 2 is 1.95 bits per heavy atom. The Kier molecular flexibility index (Phi) is 5.21. The fraction of sp³-hybridized carbons (Fsp3) is 0.571. The molecule has 0 aromatic heterocycles. The molecule has 6 nitrogen and oxygen atoms in total. The molecule has 1 saturated heterocycles. The van der Waals surface area contributed by atoms with Gasteiger partial charge in [-0.05, 0) is 26.2 Å². The third-order valence-electron chi connectivity index (χ3n) is 3.94. The Balaban J connectivity index is 2.07. The third-order valence-corrected chi connectivity index (χ3v) is 5.42. The second-order valence-electron chi connectivity index (χ2n) is 5.49. The van der Waals surface area contributed by atoms with Gasteiger partial charge in [-0.1, -0.05) is 12.1 Å². The van der Waals surface area contributed by atoms with E-state index in [0.29, 0.717) is 17.1 Å². The molecular formula is C14H24N4O2S. The van der Waals surface area contributed by atoms with Gasteiger partial charge < -0.3 is 10.2 Å². The second-order valence-corrected chi connectivity index (χ2v) is 7.23. The molecule has 2 rings (SSSR count). The average molecular weight is 312 g/mol. The summed E-state index contributed by atoms with van der Waals surface area (Å²) in [6.07, 6.45) is 0. The van der Waals surface area contributed by atoms with Gasteiger partial charge in [-0.15, -0.1) is 0 Å². The maximum atomic E-state index is 12.5. The Bertz CT molecular complexity index is 576. The van der Waals surface area contributed by atoms with E-state index < -0.39 is 10.0 Å². The molecule has 1 aliphatic rings. The van der Waals surface area contributed by atoms with Crippen LogP contribution in [-0.2, 0) is 10.0 Å². The van der Waals surface area contributed by atoms with E-state index >= 15 is 0 Å². The Labute approximate surface area is 127 Å². The predicted octanol–water partition coefficient (Wildman–Crippen LogP) is 0.252. The Morgan fingerprint density at radius 1 is 1.24 bits per heavy atom. The number of hydrogen-bond acceptors (Lipinski definition) is 5. The first-order chi connectivity index (χ1) is 9.94. The van der Waals surface area contributed by atoms with Gasteiger partial charge in [0.25, 0.3) is 0 Å². The van der Waals surface area contributed by atoms with Gasteiger partial charge >= 0.3 is 0 Å². The van der Waals surface area contributed by atoms with E-state index in [0.717, 1.165) is 19.6 Å². The van der Waals surface area contributed by atoms with E-state index in [9.17, 15) is 8.42 Å². The molecule has 118 valence electrons. The summed E-state index contributed by atoms with van der Waals surface area (Å²) >= 11 is 0. The molecule has 0 bridgehead atoms. The van der Waals surface area contributed by atoms with Crippen LogP contribution in [0.15, 0.2) is 29.2 Å². The first kappa shape index (κ1) is 16.2. The number of piperazine rings is 1. The minimum Gasteiger partial charge on any atom is -0.387 e. The number of nitrogens with one attached hydrogen (secondary N) is 2. The minimum atomic E-state index is -3.50. The summed E-state index contributed by atoms with van der Waals surface area (Å²) in [6.45, 7) is 3.26. The smallest absolute Gasteiger partial charge is 0.242 e. The van der Waals surface area contributed by atoms with Crippen molar-refractivity contribution in [2.75, 3.05) is 52.6 Å². The van der Waals surface area contributed by atoms with Crippen LogP contribution in [0.5, 0.6) is 0 Å². The molecule has 0 radical (unpaired) electrons. The highest BCUT2D eigenvalue weighted by Crippen LogP contribution is 2.20. The zero-order valence-electron chi connectivity index (χ0n) is 12.8. The molecule has 0 amide bonds. The largest absolute Gasteiger partial charge is 0.387 e. The number of para-hydroxylation sites is 1. The maximum Gasteiger partial charge on any atom is 0.242 e. The summed E-state index contributed by atoms with van der Waals surface area (Å²) in [5, 5.41) is 2.92. The Hall–Kier alpha value is -1.15. The zero-order valence-corrected chi connectivity index (χ0v) is 13.7. The van der Waals surface area contributed by atoms with Gasteiger partial charge in [0.2, 0.25) is 10.0 Å². The Morgan fingerprint density at radius 3 is 2.67 bits per heavy atom. The van der Waals surface area contributed by atoms with Gasteiger partial charge in [-0.25, -0.2) is 13.1 Å². The lowest BCUT2D eigenvalue weighted by Crippen LogP contribution is -2.54. The molecule has 1 atom stereocenters. The van der Waals surface area contributed by atoms with Crippen LogP contribution in [0.3, 0.4) is 0 Å². The van der Waals surface area contributed by atoms with Crippen molar-refractivity contribution in [3.05, 3.63) is 24.3 Å². The standard InChI is InChI=1S/C14H24N4O2S/c1-15-13-6-4-5-7-14(13)21(19,20)16-10-12-11-17(2)8-9-18(12)3/h4-7,12,15-16H,8-11H2,1-3H3. The molecule has 0 aliphatic carbocycles. The summed E-state index contributed by atoms with van der Waals surface area (Å²) in [5.74, 6) is 0. The molecule has 2 N–H and O–H groups in total. The predicted molar refractivity (Wildman–Crippen MR) is 85.1 cm³/mol. The number of sulfonamides is 1.